The van der Waals surface area contributed by atoms with Gasteiger partial charge in [-0.1, -0.05) is 11.2 Å². The van der Waals surface area contributed by atoms with E-state index in [2.05, 4.69) is 25.4 Å². The van der Waals surface area contributed by atoms with Crippen molar-refractivity contribution < 1.29 is 14.1 Å². The maximum Gasteiger partial charge on any atom is 0.327 e. The van der Waals surface area contributed by atoms with Crippen LogP contribution in [0.5, 0.6) is 0 Å². The summed E-state index contributed by atoms with van der Waals surface area (Å²) in [7, 11) is 3.10. The van der Waals surface area contributed by atoms with Gasteiger partial charge in [-0.05, 0) is 45.0 Å². The van der Waals surface area contributed by atoms with Crippen LogP contribution in [-0.4, -0.2) is 50.6 Å². The van der Waals surface area contributed by atoms with Crippen molar-refractivity contribution in [3.8, 4) is 11.1 Å². The van der Waals surface area contributed by atoms with Crippen LogP contribution in [0.25, 0.3) is 33.1 Å². The molecule has 11 nitrogen and oxygen atoms in total. The summed E-state index contributed by atoms with van der Waals surface area (Å²) >= 11 is 0. The minimum atomic E-state index is -0.398. The Labute approximate surface area is 217 Å². The molecule has 4 aromatic heterocycles. The molecular weight excluding hydrogens is 486 g/mol. The second-order valence-corrected chi connectivity index (χ2v) is 9.14. The van der Waals surface area contributed by atoms with Crippen LogP contribution in [0.3, 0.4) is 0 Å². The fourth-order valence-electron chi connectivity index (χ4n) is 4.79. The van der Waals surface area contributed by atoms with Crippen molar-refractivity contribution in [1.82, 2.24) is 30.0 Å². The highest BCUT2D eigenvalue weighted by Crippen LogP contribution is 2.39. The van der Waals surface area contributed by atoms with Gasteiger partial charge in [-0.3, -0.25) is 24.1 Å². The first-order chi connectivity index (χ1) is 18.2. The molecule has 0 saturated carbocycles. The van der Waals surface area contributed by atoms with Crippen LogP contribution in [0.2, 0.25) is 0 Å². The number of imidazole rings is 1. The lowest BCUT2D eigenvalue weighted by atomic mass is 9.98. The van der Waals surface area contributed by atoms with Crippen molar-refractivity contribution >= 4 is 39.4 Å². The zero-order chi connectivity index (χ0) is 27.1. The molecule has 0 fully saturated rings. The van der Waals surface area contributed by atoms with E-state index in [0.717, 1.165) is 11.3 Å². The number of carbonyl (C=O) groups is 2. The summed E-state index contributed by atoms with van der Waals surface area (Å²) in [5.41, 5.74) is 4.83. The van der Waals surface area contributed by atoms with Crippen LogP contribution < -0.4 is 15.9 Å². The zero-order valence-corrected chi connectivity index (χ0v) is 21.7. The summed E-state index contributed by atoms with van der Waals surface area (Å²) in [4.78, 5) is 51.6. The van der Waals surface area contributed by atoms with Crippen LogP contribution in [0.1, 0.15) is 36.5 Å². The van der Waals surface area contributed by atoms with E-state index in [9.17, 15) is 14.4 Å². The molecule has 5 rings (SSSR count). The van der Waals surface area contributed by atoms with Gasteiger partial charge in [0.2, 0.25) is 11.8 Å². The Bertz CT molecular complexity index is 1730. The Kier molecular flexibility index (Phi) is 6.27. The number of hydrogen-bond donors (Lipinski definition) is 2. The molecular formula is C27H27N7O4. The number of anilines is 1. The number of rotatable bonds is 6. The number of fused-ring (bicyclic) bond motifs is 3. The first-order valence-electron chi connectivity index (χ1n) is 12.1. The number of aromatic nitrogens is 5. The third-order valence-corrected chi connectivity index (χ3v) is 6.79. The average Bonchev–Trinajstić information content (AvgIpc) is 3.44. The lowest BCUT2D eigenvalue weighted by Gasteiger charge is -2.22. The predicted octanol–water partition coefficient (Wildman–Crippen LogP) is 3.25. The van der Waals surface area contributed by atoms with Gasteiger partial charge in [-0.2, -0.15) is 0 Å². The smallest absolute Gasteiger partial charge is 0.327 e. The van der Waals surface area contributed by atoms with Gasteiger partial charge >= 0.3 is 5.69 Å². The maximum absolute atomic E-state index is 13.1. The molecule has 194 valence electrons. The number of benzene rings is 1. The fourth-order valence-corrected chi connectivity index (χ4v) is 4.79. The number of amides is 2. The minimum absolute atomic E-state index is 0.298. The van der Waals surface area contributed by atoms with E-state index in [0.29, 0.717) is 44.6 Å². The van der Waals surface area contributed by atoms with Crippen molar-refractivity contribution in [2.75, 3.05) is 19.0 Å². The summed E-state index contributed by atoms with van der Waals surface area (Å²) in [6.45, 7) is 5.52. The number of nitrogens with zero attached hydrogens (tertiary/aromatic N) is 5. The molecule has 11 heteroatoms. The van der Waals surface area contributed by atoms with E-state index < -0.39 is 11.8 Å². The molecule has 0 spiro atoms. The number of carbonyl (C=O) groups excluding carboxylic acids is 2. The summed E-state index contributed by atoms with van der Waals surface area (Å²) < 4.78 is 7.06. The van der Waals surface area contributed by atoms with E-state index in [1.165, 1.54) is 11.9 Å². The van der Waals surface area contributed by atoms with Gasteiger partial charge in [-0.15, -0.1) is 0 Å². The first kappa shape index (κ1) is 24.9. The third kappa shape index (κ3) is 4.11. The second-order valence-electron chi connectivity index (χ2n) is 9.14. The average molecular weight is 514 g/mol. The highest BCUT2D eigenvalue weighted by atomic mass is 16.5. The Hall–Kier alpha value is -4.80. The van der Waals surface area contributed by atoms with Gasteiger partial charge in [0.15, 0.2) is 0 Å². The van der Waals surface area contributed by atoms with Gasteiger partial charge in [-0.25, -0.2) is 4.79 Å². The van der Waals surface area contributed by atoms with Crippen molar-refractivity contribution in [1.29, 1.82) is 0 Å². The standard InChI is InChI=1S/C27H27N7O4/c1-14-25(16(3)38-32-14)18-10-20-17(11-22(18)33(5)24(36)12-23(35)28-4)26-21(13-30-20)31-27(37)34(26)15(2)19-8-6-7-9-29-19/h6-11,13,15H,12H2,1-5H3,(H,28,35)(H,31,37). The predicted molar refractivity (Wildman–Crippen MR) is 143 cm³/mol. The van der Waals surface area contributed by atoms with Gasteiger partial charge in [0.1, 0.15) is 12.2 Å². The summed E-state index contributed by atoms with van der Waals surface area (Å²) in [5.74, 6) is -0.210. The number of aryl methyl sites for hydroxylation is 2. The molecule has 0 bridgehead atoms. The number of aromatic amines is 1. The minimum Gasteiger partial charge on any atom is -0.361 e. The quantitative estimate of drug-likeness (QED) is 0.332. The molecule has 1 atom stereocenters. The van der Waals surface area contributed by atoms with Gasteiger partial charge in [0.25, 0.3) is 0 Å². The summed E-state index contributed by atoms with van der Waals surface area (Å²) in [6, 6.07) is 8.87. The molecule has 4 heterocycles. The molecule has 0 aliphatic carbocycles. The van der Waals surface area contributed by atoms with E-state index in [1.807, 2.05) is 44.2 Å². The Morgan fingerprint density at radius 2 is 2.00 bits per heavy atom. The second kappa shape index (κ2) is 9.58. The Morgan fingerprint density at radius 3 is 2.66 bits per heavy atom. The topological polar surface area (TPSA) is 139 Å². The van der Waals surface area contributed by atoms with Crippen LogP contribution in [0.4, 0.5) is 5.69 Å². The lowest BCUT2D eigenvalue weighted by Crippen LogP contribution is -2.32. The third-order valence-electron chi connectivity index (χ3n) is 6.79. The lowest BCUT2D eigenvalue weighted by molar-refractivity contribution is -0.127. The molecule has 0 aliphatic rings. The van der Waals surface area contributed by atoms with Gasteiger partial charge in [0.05, 0.1) is 45.9 Å². The highest BCUT2D eigenvalue weighted by Gasteiger charge is 2.25. The zero-order valence-electron chi connectivity index (χ0n) is 21.7. The molecule has 1 unspecified atom stereocenters. The summed E-state index contributed by atoms with van der Waals surface area (Å²) in [5, 5.41) is 7.23. The van der Waals surface area contributed by atoms with E-state index in [1.54, 1.807) is 30.9 Å². The molecule has 0 aliphatic heterocycles. The molecule has 0 radical (unpaired) electrons. The first-order valence-corrected chi connectivity index (χ1v) is 12.1. The van der Waals surface area contributed by atoms with Gasteiger partial charge < -0.3 is 19.7 Å². The largest absolute Gasteiger partial charge is 0.361 e. The highest BCUT2D eigenvalue weighted by molar-refractivity contribution is 6.11. The fraction of sp³-hybridized carbons (Fsp3) is 0.259. The number of nitrogens with one attached hydrogen (secondary N) is 2. The van der Waals surface area contributed by atoms with Crippen LogP contribution >= 0.6 is 0 Å². The molecule has 0 saturated heterocycles. The van der Waals surface area contributed by atoms with E-state index in [4.69, 9.17) is 4.52 Å². The van der Waals surface area contributed by atoms with E-state index >= 15 is 0 Å². The van der Waals surface area contributed by atoms with Crippen LogP contribution in [0.15, 0.2) is 52.0 Å². The monoisotopic (exact) mass is 513 g/mol. The van der Waals surface area contributed by atoms with Crippen molar-refractivity contribution in [3.05, 3.63) is 70.4 Å². The molecule has 2 amide bonds. The van der Waals surface area contributed by atoms with Crippen molar-refractivity contribution in [2.24, 2.45) is 0 Å². The number of pyridine rings is 2. The SMILES string of the molecule is CNC(=O)CC(=O)N(C)c1cc2c(cc1-c1c(C)noc1C)ncc1[nH]c(=O)n(C(C)c3ccccn3)c12. The van der Waals surface area contributed by atoms with Crippen LogP contribution in [-0.2, 0) is 9.59 Å². The Balaban J connectivity index is 1.80. The molecule has 5 aromatic rings. The molecule has 38 heavy (non-hydrogen) atoms. The van der Waals surface area contributed by atoms with E-state index in [-0.39, 0.29) is 18.2 Å². The normalized spacial score (nSPS) is 12.1. The number of hydrogen-bond acceptors (Lipinski definition) is 7. The molecule has 1 aromatic carbocycles. The van der Waals surface area contributed by atoms with Gasteiger partial charge in [0, 0.05) is 36.8 Å². The molecule has 2 N–H and O–H groups in total. The summed E-state index contributed by atoms with van der Waals surface area (Å²) in [6.07, 6.45) is 2.99. The van der Waals surface area contributed by atoms with Crippen molar-refractivity contribution in [3.63, 3.8) is 0 Å². The van der Waals surface area contributed by atoms with Crippen LogP contribution in [0, 0.1) is 13.8 Å². The number of H-pyrrole nitrogens is 1. The Morgan fingerprint density at radius 1 is 1.21 bits per heavy atom. The maximum atomic E-state index is 13.1. The van der Waals surface area contributed by atoms with Crippen molar-refractivity contribution in [2.45, 2.75) is 33.2 Å².